The SMILES string of the molecule is CCC1O[C@H](OC2O[C@H]3CC(C)[C@@H](O[C@@H]4C(NC(=O)OCc5ccccc5)C[C@@H](NC(=O)OCc5ccccc5)[C@H]5OC45)OC3C3OC(=O)N(C)C23)C(C)[C@@H](C)[C@@H]1C. The molecule has 9 unspecified atom stereocenters. The third-order valence-electron chi connectivity index (χ3n) is 13.1. The van der Waals surface area contributed by atoms with Crippen molar-refractivity contribution in [2.24, 2.45) is 23.7 Å². The zero-order valence-corrected chi connectivity index (χ0v) is 34.0. The number of ether oxygens (including phenoxy) is 9. The second kappa shape index (κ2) is 17.3. The first kappa shape index (κ1) is 40.8. The van der Waals surface area contributed by atoms with E-state index in [2.05, 4.69) is 38.3 Å². The molecule has 3 amide bonds. The van der Waals surface area contributed by atoms with Crippen molar-refractivity contribution in [2.45, 2.75) is 147 Å². The first-order valence-corrected chi connectivity index (χ1v) is 20.8. The van der Waals surface area contributed by atoms with Crippen LogP contribution in [0, 0.1) is 23.7 Å². The van der Waals surface area contributed by atoms with E-state index < -0.39 is 85.8 Å². The molecular weight excluding hydrogens is 750 g/mol. The lowest BCUT2D eigenvalue weighted by Gasteiger charge is -2.51. The maximum absolute atomic E-state index is 13.3. The average Bonchev–Trinajstić information content (AvgIpc) is 3.97. The summed E-state index contributed by atoms with van der Waals surface area (Å²) in [5.74, 6) is 0.683. The molecule has 5 heterocycles. The van der Waals surface area contributed by atoms with Crippen LogP contribution in [0.2, 0.25) is 0 Å². The van der Waals surface area contributed by atoms with Crippen LogP contribution in [0.4, 0.5) is 14.4 Å². The van der Waals surface area contributed by atoms with Gasteiger partial charge < -0.3 is 53.3 Å². The quantitative estimate of drug-likeness (QED) is 0.217. The predicted octanol–water partition coefficient (Wildman–Crippen LogP) is 5.49. The van der Waals surface area contributed by atoms with Gasteiger partial charge in [0.25, 0.3) is 0 Å². The maximum Gasteiger partial charge on any atom is 0.410 e. The number of amides is 3. The molecule has 0 radical (unpaired) electrons. The molecule has 0 bridgehead atoms. The number of benzene rings is 2. The molecule has 58 heavy (non-hydrogen) atoms. The molecule has 5 aliphatic heterocycles. The summed E-state index contributed by atoms with van der Waals surface area (Å²) >= 11 is 0. The summed E-state index contributed by atoms with van der Waals surface area (Å²) < 4.78 is 56.5. The highest BCUT2D eigenvalue weighted by Gasteiger charge is 2.62. The lowest BCUT2D eigenvalue weighted by molar-refractivity contribution is -0.368. The Hall–Kier alpha value is -3.99. The zero-order valence-electron chi connectivity index (χ0n) is 34.0. The third-order valence-corrected chi connectivity index (χ3v) is 13.1. The van der Waals surface area contributed by atoms with Crippen molar-refractivity contribution >= 4 is 18.3 Å². The number of hydrogen-bond donors (Lipinski definition) is 2. The normalized spacial score (nSPS) is 40.3. The van der Waals surface area contributed by atoms with Crippen molar-refractivity contribution in [2.75, 3.05) is 7.05 Å². The summed E-state index contributed by atoms with van der Waals surface area (Å²) in [6.45, 7) is 10.9. The van der Waals surface area contributed by atoms with E-state index in [1.165, 1.54) is 4.90 Å². The van der Waals surface area contributed by atoms with Gasteiger partial charge in [-0.25, -0.2) is 14.4 Å². The second-order valence-corrected chi connectivity index (χ2v) is 16.9. The van der Waals surface area contributed by atoms with Crippen molar-refractivity contribution < 1.29 is 57.0 Å². The maximum atomic E-state index is 13.3. The molecule has 15 heteroatoms. The summed E-state index contributed by atoms with van der Waals surface area (Å²) in [4.78, 5) is 40.8. The van der Waals surface area contributed by atoms with Gasteiger partial charge in [0.1, 0.15) is 43.7 Å². The monoisotopic (exact) mass is 807 g/mol. The lowest BCUT2D eigenvalue weighted by atomic mass is 9.78. The van der Waals surface area contributed by atoms with Crippen LogP contribution in [0.1, 0.15) is 65.0 Å². The van der Waals surface area contributed by atoms with E-state index >= 15 is 0 Å². The number of epoxide rings is 1. The Morgan fingerprint density at radius 1 is 0.690 bits per heavy atom. The van der Waals surface area contributed by atoms with Crippen LogP contribution in [0.15, 0.2) is 60.7 Å². The molecule has 6 aliphatic rings. The molecule has 2 aromatic carbocycles. The molecule has 8 rings (SSSR count). The Morgan fingerprint density at radius 3 is 1.97 bits per heavy atom. The van der Waals surface area contributed by atoms with Crippen molar-refractivity contribution in [1.82, 2.24) is 15.5 Å². The number of rotatable bonds is 11. The minimum atomic E-state index is -0.792. The summed E-state index contributed by atoms with van der Waals surface area (Å²) in [5.41, 5.74) is 1.70. The number of nitrogens with one attached hydrogen (secondary N) is 2. The largest absolute Gasteiger partial charge is 0.445 e. The number of carbonyl (C=O) groups excluding carboxylic acids is 3. The molecular formula is C43H57N3O12. The van der Waals surface area contributed by atoms with Gasteiger partial charge in [-0.2, -0.15) is 0 Å². The van der Waals surface area contributed by atoms with Crippen LogP contribution in [0.5, 0.6) is 0 Å². The second-order valence-electron chi connectivity index (χ2n) is 16.9. The summed E-state index contributed by atoms with van der Waals surface area (Å²) in [6.07, 6.45) is -5.31. The molecule has 5 saturated heterocycles. The molecule has 1 saturated carbocycles. The van der Waals surface area contributed by atoms with Crippen LogP contribution < -0.4 is 10.6 Å². The number of likely N-dealkylation sites (N-methyl/N-ethyl adjacent to an activating group) is 1. The van der Waals surface area contributed by atoms with Gasteiger partial charge in [-0.3, -0.25) is 4.90 Å². The molecule has 0 spiro atoms. The fourth-order valence-corrected chi connectivity index (χ4v) is 9.33. The zero-order chi connectivity index (χ0) is 40.7. The van der Waals surface area contributed by atoms with E-state index in [0.717, 1.165) is 17.5 Å². The van der Waals surface area contributed by atoms with Gasteiger partial charge in [-0.05, 0) is 42.2 Å². The molecule has 2 aromatic rings. The van der Waals surface area contributed by atoms with E-state index in [9.17, 15) is 14.4 Å². The van der Waals surface area contributed by atoms with Gasteiger partial charge >= 0.3 is 18.3 Å². The number of alkyl carbamates (subject to hydrolysis) is 2. The van der Waals surface area contributed by atoms with Crippen LogP contribution in [0.25, 0.3) is 0 Å². The number of fused-ring (bicyclic) bond motifs is 4. The van der Waals surface area contributed by atoms with Gasteiger partial charge in [0, 0.05) is 18.9 Å². The summed E-state index contributed by atoms with van der Waals surface area (Å²) in [7, 11) is 1.68. The van der Waals surface area contributed by atoms with Crippen LogP contribution in [-0.4, -0.2) is 110 Å². The Balaban J connectivity index is 0.950. The number of nitrogens with zero attached hydrogens (tertiary/aromatic N) is 1. The highest BCUT2D eigenvalue weighted by Crippen LogP contribution is 2.45. The molecule has 15 nitrogen and oxygen atoms in total. The number of carbonyl (C=O) groups is 3. The first-order chi connectivity index (χ1) is 28.0. The molecule has 6 fully saturated rings. The Bertz CT molecular complexity index is 1740. The van der Waals surface area contributed by atoms with Crippen molar-refractivity contribution in [3.63, 3.8) is 0 Å². The van der Waals surface area contributed by atoms with E-state index in [1.807, 2.05) is 67.6 Å². The fraction of sp³-hybridized carbons (Fsp3) is 0.651. The van der Waals surface area contributed by atoms with Gasteiger partial charge in [-0.15, -0.1) is 0 Å². The first-order valence-electron chi connectivity index (χ1n) is 20.8. The minimum Gasteiger partial charge on any atom is -0.445 e. The Labute approximate surface area is 339 Å². The predicted molar refractivity (Wildman–Crippen MR) is 206 cm³/mol. The van der Waals surface area contributed by atoms with E-state index in [-0.39, 0.29) is 43.7 Å². The molecule has 0 aromatic heterocycles. The fourth-order valence-electron chi connectivity index (χ4n) is 9.33. The van der Waals surface area contributed by atoms with Gasteiger partial charge in [-0.1, -0.05) is 95.3 Å². The lowest BCUT2D eigenvalue weighted by Crippen LogP contribution is -2.65. The van der Waals surface area contributed by atoms with Gasteiger partial charge in [0.05, 0.1) is 24.3 Å². The van der Waals surface area contributed by atoms with E-state index in [1.54, 1.807) is 7.05 Å². The third kappa shape index (κ3) is 8.52. The highest BCUT2D eigenvalue weighted by atomic mass is 16.8. The topological polar surface area (TPSA) is 165 Å². The Morgan fingerprint density at radius 2 is 1.33 bits per heavy atom. The van der Waals surface area contributed by atoms with Gasteiger partial charge in [0.2, 0.25) is 0 Å². The van der Waals surface area contributed by atoms with E-state index in [0.29, 0.717) is 18.3 Å². The van der Waals surface area contributed by atoms with Crippen molar-refractivity contribution in [3.05, 3.63) is 71.8 Å². The van der Waals surface area contributed by atoms with Crippen LogP contribution in [-0.2, 0) is 55.8 Å². The van der Waals surface area contributed by atoms with Crippen LogP contribution in [0.3, 0.4) is 0 Å². The number of hydrogen-bond acceptors (Lipinski definition) is 12. The highest BCUT2D eigenvalue weighted by molar-refractivity contribution is 5.71. The molecule has 316 valence electrons. The Kier molecular flexibility index (Phi) is 12.2. The smallest absolute Gasteiger partial charge is 0.410 e. The molecule has 17 atom stereocenters. The van der Waals surface area contributed by atoms with Crippen molar-refractivity contribution in [3.8, 4) is 0 Å². The molecule has 1 aliphatic carbocycles. The summed E-state index contributed by atoms with van der Waals surface area (Å²) in [6, 6.07) is 17.1. The molecule has 2 N–H and O–H groups in total. The van der Waals surface area contributed by atoms with Gasteiger partial charge in [0.15, 0.2) is 25.0 Å². The van der Waals surface area contributed by atoms with Crippen LogP contribution >= 0.6 is 0 Å². The van der Waals surface area contributed by atoms with Crippen molar-refractivity contribution in [1.29, 1.82) is 0 Å². The summed E-state index contributed by atoms with van der Waals surface area (Å²) in [5, 5.41) is 5.92. The van der Waals surface area contributed by atoms with E-state index in [4.69, 9.17) is 42.6 Å². The standard InChI is InChI=1S/C43H57N3O12/c1-7-30-24(4)23(3)25(5)39(52-30)58-40-32-36(57-43(49)46(32)6)35-31(53-40)18-22(2)38(56-35)55-34-29(45-42(48)51-21-27-16-12-9-13-17-27)19-28(33-37(34)54-33)44-41(47)50-20-26-14-10-8-11-15-26/h8-17,22-25,28-40H,7,18-21H2,1-6H3,(H,44,47)(H,45,48)/t22?,23-,24-,25?,28+,29?,30?,31-,32?,33+,34+,35?,36?,37?,38-,39+,40?/m0/s1. The minimum absolute atomic E-state index is 0.0526. The average molecular weight is 808 g/mol.